The van der Waals surface area contributed by atoms with Crippen LogP contribution < -0.4 is 0 Å². The van der Waals surface area contributed by atoms with Gasteiger partial charge in [0.25, 0.3) is 0 Å². The van der Waals surface area contributed by atoms with Crippen LogP contribution in [-0.4, -0.2) is 63.2 Å². The van der Waals surface area contributed by atoms with E-state index in [1.807, 2.05) is 24.3 Å². The predicted octanol–water partition coefficient (Wildman–Crippen LogP) is 3.14. The Morgan fingerprint density at radius 2 is 1.78 bits per heavy atom. The van der Waals surface area contributed by atoms with Crippen molar-refractivity contribution in [2.24, 2.45) is 0 Å². The van der Waals surface area contributed by atoms with Crippen LogP contribution in [0.4, 0.5) is 0 Å². The summed E-state index contributed by atoms with van der Waals surface area (Å²) in [5, 5.41) is 9.61. The Hall–Kier alpha value is -1.56. The molecule has 1 N–H and O–H groups in total. The van der Waals surface area contributed by atoms with E-state index >= 15 is 0 Å². The van der Waals surface area contributed by atoms with Gasteiger partial charge in [-0.25, -0.2) is 9.97 Å². The highest BCUT2D eigenvalue weighted by Crippen LogP contribution is 2.27. The molecular formula is C22H32N4O. The molecule has 1 atom stereocenters. The standard InChI is InChI=1S/C22H32N4O/c1-17-22(24-21-10-6-5-9-20(21)23-17)16-25-12-13-26(19(15-25)11-14-27)18-7-3-2-4-8-18/h5-6,9-10,18-19,27H,2-4,7-8,11-16H2,1H3. The van der Waals surface area contributed by atoms with Gasteiger partial charge in [0, 0.05) is 44.9 Å². The van der Waals surface area contributed by atoms with Gasteiger partial charge in [-0.15, -0.1) is 0 Å². The lowest BCUT2D eigenvalue weighted by molar-refractivity contribution is 0.0132. The molecule has 0 radical (unpaired) electrons. The molecule has 27 heavy (non-hydrogen) atoms. The maximum atomic E-state index is 9.61. The molecular weight excluding hydrogens is 336 g/mol. The van der Waals surface area contributed by atoms with Crippen LogP contribution in [0.3, 0.4) is 0 Å². The number of hydrogen-bond acceptors (Lipinski definition) is 5. The average molecular weight is 369 g/mol. The third-order valence-corrected chi connectivity index (χ3v) is 6.33. The van der Waals surface area contributed by atoms with Crippen LogP contribution in [0.5, 0.6) is 0 Å². The number of benzene rings is 1. The minimum atomic E-state index is 0.274. The van der Waals surface area contributed by atoms with Gasteiger partial charge in [-0.05, 0) is 38.3 Å². The molecule has 5 nitrogen and oxygen atoms in total. The topological polar surface area (TPSA) is 52.5 Å². The summed E-state index contributed by atoms with van der Waals surface area (Å²) < 4.78 is 0. The lowest BCUT2D eigenvalue weighted by Crippen LogP contribution is -2.56. The summed E-state index contributed by atoms with van der Waals surface area (Å²) in [7, 11) is 0. The van der Waals surface area contributed by atoms with E-state index in [2.05, 4.69) is 16.7 Å². The second kappa shape index (κ2) is 8.63. The molecule has 1 aromatic carbocycles. The molecule has 2 aromatic rings. The molecule has 2 fully saturated rings. The zero-order valence-electron chi connectivity index (χ0n) is 16.5. The molecule has 146 valence electrons. The number of piperazine rings is 1. The molecule has 2 heterocycles. The van der Waals surface area contributed by atoms with Gasteiger partial charge in [0.1, 0.15) is 0 Å². The van der Waals surface area contributed by atoms with Gasteiger partial charge in [0.2, 0.25) is 0 Å². The summed E-state index contributed by atoms with van der Waals surface area (Å²) in [5.41, 5.74) is 4.06. The Morgan fingerprint density at radius 3 is 2.52 bits per heavy atom. The van der Waals surface area contributed by atoms with Crippen molar-refractivity contribution in [3.8, 4) is 0 Å². The van der Waals surface area contributed by atoms with Crippen LogP contribution in [0.15, 0.2) is 24.3 Å². The number of aliphatic hydroxyl groups is 1. The molecule has 5 heteroatoms. The summed E-state index contributed by atoms with van der Waals surface area (Å²) in [6, 6.07) is 9.29. The first kappa shape index (κ1) is 18.8. The number of aromatic nitrogens is 2. The van der Waals surface area contributed by atoms with Crippen molar-refractivity contribution in [3.05, 3.63) is 35.7 Å². The molecule has 1 saturated carbocycles. The van der Waals surface area contributed by atoms with E-state index < -0.39 is 0 Å². The summed E-state index contributed by atoms with van der Waals surface area (Å²) in [5.74, 6) is 0. The number of nitrogens with zero attached hydrogens (tertiary/aromatic N) is 4. The van der Waals surface area contributed by atoms with Crippen LogP contribution in [0, 0.1) is 6.92 Å². The quantitative estimate of drug-likeness (QED) is 0.879. The van der Waals surface area contributed by atoms with Crippen molar-refractivity contribution in [1.29, 1.82) is 0 Å². The largest absolute Gasteiger partial charge is 0.396 e. The van der Waals surface area contributed by atoms with Crippen molar-refractivity contribution in [2.75, 3.05) is 26.2 Å². The van der Waals surface area contributed by atoms with Crippen molar-refractivity contribution >= 4 is 11.0 Å². The van der Waals surface area contributed by atoms with E-state index in [-0.39, 0.29) is 6.61 Å². The maximum Gasteiger partial charge on any atom is 0.0890 e. The minimum absolute atomic E-state index is 0.274. The fourth-order valence-electron chi connectivity index (χ4n) is 4.86. The van der Waals surface area contributed by atoms with Crippen LogP contribution in [0.25, 0.3) is 11.0 Å². The first-order chi connectivity index (χ1) is 13.2. The van der Waals surface area contributed by atoms with E-state index in [4.69, 9.17) is 9.97 Å². The van der Waals surface area contributed by atoms with Crippen LogP contribution in [-0.2, 0) is 6.54 Å². The highest BCUT2D eigenvalue weighted by molar-refractivity contribution is 5.74. The third kappa shape index (κ3) is 4.31. The first-order valence-electron chi connectivity index (χ1n) is 10.6. The monoisotopic (exact) mass is 368 g/mol. The molecule has 2 aliphatic rings. The Labute approximate surface area is 162 Å². The van der Waals surface area contributed by atoms with Gasteiger partial charge in [-0.1, -0.05) is 31.4 Å². The molecule has 1 unspecified atom stereocenters. The number of aryl methyl sites for hydroxylation is 1. The second-order valence-corrected chi connectivity index (χ2v) is 8.18. The molecule has 1 saturated heterocycles. The first-order valence-corrected chi connectivity index (χ1v) is 10.6. The van der Waals surface area contributed by atoms with Gasteiger partial charge >= 0.3 is 0 Å². The molecule has 1 aromatic heterocycles. The normalized spacial score (nSPS) is 23.1. The van der Waals surface area contributed by atoms with Gasteiger partial charge < -0.3 is 5.11 Å². The number of fused-ring (bicyclic) bond motifs is 1. The van der Waals surface area contributed by atoms with Gasteiger partial charge in [0.15, 0.2) is 0 Å². The molecule has 1 aliphatic heterocycles. The van der Waals surface area contributed by atoms with Crippen molar-refractivity contribution < 1.29 is 5.11 Å². The van der Waals surface area contributed by atoms with Crippen molar-refractivity contribution in [1.82, 2.24) is 19.8 Å². The smallest absolute Gasteiger partial charge is 0.0890 e. The minimum Gasteiger partial charge on any atom is -0.396 e. The van der Waals surface area contributed by atoms with Gasteiger partial charge in [0.05, 0.1) is 22.4 Å². The molecule has 0 amide bonds. The Balaban J connectivity index is 1.46. The zero-order chi connectivity index (χ0) is 18.6. The Morgan fingerprint density at radius 1 is 1.04 bits per heavy atom. The lowest BCUT2D eigenvalue weighted by atomic mass is 9.92. The number of hydrogen-bond donors (Lipinski definition) is 1. The maximum absolute atomic E-state index is 9.61. The Bertz CT molecular complexity index is 759. The van der Waals surface area contributed by atoms with E-state index in [0.29, 0.717) is 6.04 Å². The molecule has 0 spiro atoms. The number of para-hydroxylation sites is 2. The number of rotatable bonds is 5. The fraction of sp³-hybridized carbons (Fsp3) is 0.636. The molecule has 4 rings (SSSR count). The third-order valence-electron chi connectivity index (χ3n) is 6.33. The van der Waals surface area contributed by atoms with E-state index in [9.17, 15) is 5.11 Å². The molecule has 0 bridgehead atoms. The Kier molecular flexibility index (Phi) is 6.01. The predicted molar refractivity (Wildman–Crippen MR) is 109 cm³/mol. The van der Waals surface area contributed by atoms with Gasteiger partial charge in [-0.3, -0.25) is 9.80 Å². The fourth-order valence-corrected chi connectivity index (χ4v) is 4.86. The lowest BCUT2D eigenvalue weighted by Gasteiger charge is -2.46. The van der Waals surface area contributed by atoms with E-state index in [0.717, 1.165) is 61.1 Å². The van der Waals surface area contributed by atoms with Crippen LogP contribution >= 0.6 is 0 Å². The van der Waals surface area contributed by atoms with E-state index in [1.54, 1.807) is 0 Å². The molecule has 1 aliphatic carbocycles. The summed E-state index contributed by atoms with van der Waals surface area (Å²) >= 11 is 0. The second-order valence-electron chi connectivity index (χ2n) is 8.18. The van der Waals surface area contributed by atoms with Crippen molar-refractivity contribution in [2.45, 2.75) is 64.1 Å². The SMILES string of the molecule is Cc1nc2ccccc2nc1CN1CCN(C2CCCCC2)C(CCO)C1. The highest BCUT2D eigenvalue weighted by atomic mass is 16.3. The summed E-state index contributed by atoms with van der Waals surface area (Å²) in [4.78, 5) is 14.8. The summed E-state index contributed by atoms with van der Waals surface area (Å²) in [6.07, 6.45) is 7.65. The van der Waals surface area contributed by atoms with Gasteiger partial charge in [-0.2, -0.15) is 0 Å². The van der Waals surface area contributed by atoms with Crippen LogP contribution in [0.2, 0.25) is 0 Å². The average Bonchev–Trinajstić information content (AvgIpc) is 2.70. The zero-order valence-corrected chi connectivity index (χ0v) is 16.5. The van der Waals surface area contributed by atoms with Crippen LogP contribution in [0.1, 0.15) is 49.9 Å². The number of aliphatic hydroxyl groups excluding tert-OH is 1. The summed E-state index contributed by atoms with van der Waals surface area (Å²) in [6.45, 7) is 6.39. The van der Waals surface area contributed by atoms with Crippen molar-refractivity contribution in [3.63, 3.8) is 0 Å². The highest BCUT2D eigenvalue weighted by Gasteiger charge is 2.32. The van der Waals surface area contributed by atoms with E-state index in [1.165, 1.54) is 32.1 Å².